The Bertz CT molecular complexity index is 506. The summed E-state index contributed by atoms with van der Waals surface area (Å²) >= 11 is 0. The monoisotopic (exact) mass is 292 g/mol. The average Bonchev–Trinajstić information content (AvgIpc) is 3.03. The van der Waals surface area contributed by atoms with E-state index in [0.29, 0.717) is 12.6 Å². The predicted octanol–water partition coefficient (Wildman–Crippen LogP) is -0.175. The number of nitrogens with zero attached hydrogens (tertiary/aromatic N) is 4. The van der Waals surface area contributed by atoms with Gasteiger partial charge in [-0.1, -0.05) is 0 Å². The number of hydrogen-bond acceptors (Lipinski definition) is 5. The second kappa shape index (κ2) is 6.11. The molecule has 3 heterocycles. The lowest BCUT2D eigenvalue weighted by Gasteiger charge is -2.29. The number of aromatic nitrogens is 3. The quantitative estimate of drug-likeness (QED) is 0.804. The smallest absolute Gasteiger partial charge is 0.234 e. The molecule has 1 atom stereocenters. The van der Waals surface area contributed by atoms with Gasteiger partial charge < -0.3 is 15.6 Å². The third-order valence-corrected chi connectivity index (χ3v) is 4.40. The van der Waals surface area contributed by atoms with E-state index in [4.69, 9.17) is 5.73 Å². The molecule has 1 amide bonds. The van der Waals surface area contributed by atoms with Gasteiger partial charge in [-0.15, -0.1) is 10.2 Å². The van der Waals surface area contributed by atoms with Crippen LogP contribution in [-0.4, -0.2) is 51.2 Å². The van der Waals surface area contributed by atoms with E-state index in [9.17, 15) is 4.79 Å². The van der Waals surface area contributed by atoms with Gasteiger partial charge in [0.25, 0.3) is 0 Å². The van der Waals surface area contributed by atoms with E-state index >= 15 is 0 Å². The summed E-state index contributed by atoms with van der Waals surface area (Å²) in [5.74, 6) is 1.96. The van der Waals surface area contributed by atoms with Crippen molar-refractivity contribution >= 4 is 5.91 Å². The highest BCUT2D eigenvalue weighted by molar-refractivity contribution is 5.78. The number of aryl methyl sites for hydroxylation is 1. The molecule has 1 saturated heterocycles. The maximum atomic E-state index is 12.2. The number of carbonyl (C=O) groups excluding carboxylic acids is 1. The highest BCUT2D eigenvalue weighted by atomic mass is 16.2. The second-order valence-electron chi connectivity index (χ2n) is 6.13. The fraction of sp³-hybridized carbons (Fsp3) is 0.786. The number of fused-ring (bicyclic) bond motifs is 1. The van der Waals surface area contributed by atoms with Crippen molar-refractivity contribution in [3.8, 4) is 0 Å². The van der Waals surface area contributed by atoms with E-state index < -0.39 is 0 Å². The van der Waals surface area contributed by atoms with Crippen LogP contribution in [-0.2, 0) is 17.8 Å². The molecule has 1 aromatic heterocycles. The number of nitrogens with one attached hydrogen (secondary N) is 1. The average molecular weight is 292 g/mol. The van der Waals surface area contributed by atoms with Gasteiger partial charge in [0.1, 0.15) is 5.82 Å². The lowest BCUT2D eigenvalue weighted by atomic mass is 10.1. The number of nitrogens with two attached hydrogens (primary N) is 1. The van der Waals surface area contributed by atoms with E-state index in [1.807, 2.05) is 6.92 Å². The minimum Gasteiger partial charge on any atom is -0.345 e. The fourth-order valence-electron chi connectivity index (χ4n) is 3.16. The molecule has 0 aromatic carbocycles. The van der Waals surface area contributed by atoms with Crippen LogP contribution in [0.25, 0.3) is 0 Å². The predicted molar refractivity (Wildman–Crippen MR) is 78.6 cm³/mol. The highest BCUT2D eigenvalue weighted by Crippen LogP contribution is 2.18. The zero-order valence-corrected chi connectivity index (χ0v) is 12.6. The first kappa shape index (κ1) is 14.5. The van der Waals surface area contributed by atoms with Crippen molar-refractivity contribution in [1.29, 1.82) is 0 Å². The molecule has 116 valence electrons. The Morgan fingerprint density at radius 3 is 2.90 bits per heavy atom. The molecule has 2 aliphatic rings. The van der Waals surface area contributed by atoms with Gasteiger partial charge in [0.15, 0.2) is 5.82 Å². The van der Waals surface area contributed by atoms with Crippen LogP contribution >= 0.6 is 0 Å². The molecule has 0 radical (unpaired) electrons. The number of hydrogen-bond donors (Lipinski definition) is 2. The molecule has 7 nitrogen and oxygen atoms in total. The summed E-state index contributed by atoms with van der Waals surface area (Å²) in [5, 5.41) is 11.4. The van der Waals surface area contributed by atoms with E-state index in [-0.39, 0.29) is 11.9 Å². The molecule has 1 unspecified atom stereocenters. The van der Waals surface area contributed by atoms with Gasteiger partial charge in [-0.3, -0.25) is 9.69 Å². The van der Waals surface area contributed by atoms with Crippen LogP contribution in [0.2, 0.25) is 0 Å². The van der Waals surface area contributed by atoms with Crippen LogP contribution < -0.4 is 11.1 Å². The maximum absolute atomic E-state index is 12.2. The van der Waals surface area contributed by atoms with Crippen molar-refractivity contribution < 1.29 is 4.79 Å². The van der Waals surface area contributed by atoms with Crippen molar-refractivity contribution in [2.24, 2.45) is 5.73 Å². The molecule has 0 saturated carbocycles. The summed E-state index contributed by atoms with van der Waals surface area (Å²) in [7, 11) is 0. The minimum atomic E-state index is -0.0936. The summed E-state index contributed by atoms with van der Waals surface area (Å²) < 4.78 is 2.13. The summed E-state index contributed by atoms with van der Waals surface area (Å²) in [6.07, 6.45) is 4.05. The van der Waals surface area contributed by atoms with Crippen molar-refractivity contribution in [2.75, 3.05) is 19.6 Å². The molecular weight excluding hydrogens is 268 g/mol. The number of likely N-dealkylation sites (tertiary alicyclic amines) is 1. The Labute approximate surface area is 124 Å². The number of rotatable bonds is 4. The lowest BCUT2D eigenvalue weighted by molar-refractivity contribution is -0.123. The molecule has 3 N–H and O–H groups in total. The van der Waals surface area contributed by atoms with E-state index in [1.165, 1.54) is 0 Å². The van der Waals surface area contributed by atoms with Crippen molar-refractivity contribution in [1.82, 2.24) is 25.0 Å². The zero-order valence-electron chi connectivity index (χ0n) is 12.6. The van der Waals surface area contributed by atoms with Gasteiger partial charge in [-0.05, 0) is 26.2 Å². The largest absolute Gasteiger partial charge is 0.345 e. The summed E-state index contributed by atoms with van der Waals surface area (Å²) in [6, 6.07) is 0.200. The summed E-state index contributed by atoms with van der Waals surface area (Å²) in [6.45, 7) is 5.19. The summed E-state index contributed by atoms with van der Waals surface area (Å²) in [5.41, 5.74) is 5.88. The molecular formula is C14H24N6O. The van der Waals surface area contributed by atoms with Crippen LogP contribution in [0.1, 0.15) is 43.9 Å². The van der Waals surface area contributed by atoms with E-state index in [0.717, 1.165) is 57.0 Å². The van der Waals surface area contributed by atoms with Gasteiger partial charge in [-0.2, -0.15) is 0 Å². The molecule has 0 bridgehead atoms. The third-order valence-electron chi connectivity index (χ3n) is 4.40. The molecule has 1 fully saturated rings. The SMILES string of the molecule is CC(NC(=O)CN1CCC(N)CC1)c1nnc2n1CCC2. The second-order valence-corrected chi connectivity index (χ2v) is 6.13. The first-order chi connectivity index (χ1) is 10.1. The topological polar surface area (TPSA) is 89.1 Å². The highest BCUT2D eigenvalue weighted by Gasteiger charge is 2.23. The van der Waals surface area contributed by atoms with Gasteiger partial charge >= 0.3 is 0 Å². The number of piperidine rings is 1. The van der Waals surface area contributed by atoms with Crippen LogP contribution in [0.4, 0.5) is 0 Å². The molecule has 21 heavy (non-hydrogen) atoms. The Morgan fingerprint density at radius 1 is 1.38 bits per heavy atom. The first-order valence-corrected chi connectivity index (χ1v) is 7.83. The minimum absolute atomic E-state index is 0.0494. The maximum Gasteiger partial charge on any atom is 0.234 e. The Hall–Kier alpha value is -1.47. The number of amides is 1. The molecule has 0 aliphatic carbocycles. The molecule has 1 aromatic rings. The number of carbonyl (C=O) groups is 1. The Kier molecular flexibility index (Phi) is 4.21. The normalized spacial score (nSPS) is 21.2. The van der Waals surface area contributed by atoms with Crippen molar-refractivity contribution in [3.63, 3.8) is 0 Å². The van der Waals surface area contributed by atoms with Gasteiger partial charge in [-0.25, -0.2) is 0 Å². The molecule has 2 aliphatic heterocycles. The fourth-order valence-corrected chi connectivity index (χ4v) is 3.16. The molecule has 3 rings (SSSR count). The van der Waals surface area contributed by atoms with Crippen molar-refractivity contribution in [3.05, 3.63) is 11.6 Å². The zero-order chi connectivity index (χ0) is 14.8. The van der Waals surface area contributed by atoms with E-state index in [1.54, 1.807) is 0 Å². The third kappa shape index (κ3) is 3.24. The van der Waals surface area contributed by atoms with Crippen LogP contribution in [0.15, 0.2) is 0 Å². The van der Waals surface area contributed by atoms with Gasteiger partial charge in [0.05, 0.1) is 12.6 Å². The van der Waals surface area contributed by atoms with Gasteiger partial charge in [0, 0.05) is 32.1 Å². The first-order valence-electron chi connectivity index (χ1n) is 7.83. The van der Waals surface area contributed by atoms with E-state index in [2.05, 4.69) is 25.0 Å². The standard InChI is InChI=1S/C14H24N6O/c1-10(14-18-17-12-3-2-6-20(12)14)16-13(21)9-19-7-4-11(15)5-8-19/h10-11H,2-9,15H2,1H3,(H,16,21). The van der Waals surface area contributed by atoms with Crippen molar-refractivity contribution in [2.45, 2.75) is 51.2 Å². The molecule has 0 spiro atoms. The van der Waals surface area contributed by atoms with Crippen LogP contribution in [0, 0.1) is 0 Å². The Balaban J connectivity index is 1.52. The van der Waals surface area contributed by atoms with Crippen LogP contribution in [0.5, 0.6) is 0 Å². The molecule has 7 heteroatoms. The van der Waals surface area contributed by atoms with Gasteiger partial charge in [0.2, 0.25) is 5.91 Å². The lowest BCUT2D eigenvalue weighted by Crippen LogP contribution is -2.45. The summed E-state index contributed by atoms with van der Waals surface area (Å²) in [4.78, 5) is 14.3. The Morgan fingerprint density at radius 2 is 2.14 bits per heavy atom. The van der Waals surface area contributed by atoms with Crippen LogP contribution in [0.3, 0.4) is 0 Å².